The third kappa shape index (κ3) is 7.57. The Morgan fingerprint density at radius 2 is 1.63 bits per heavy atom. The van der Waals surface area contributed by atoms with E-state index in [0.29, 0.717) is 24.4 Å². The van der Waals surface area contributed by atoms with Crippen LogP contribution < -0.4 is 20.9 Å². The van der Waals surface area contributed by atoms with Gasteiger partial charge in [0, 0.05) is 70.0 Å². The number of amides is 3. The van der Waals surface area contributed by atoms with Crippen LogP contribution in [0.4, 0.5) is 21.9 Å². The van der Waals surface area contributed by atoms with Gasteiger partial charge < -0.3 is 25.6 Å². The first kappa shape index (κ1) is 27.2. The monoisotopic (exact) mass is 515 g/mol. The molecule has 8 nitrogen and oxygen atoms in total. The van der Waals surface area contributed by atoms with Gasteiger partial charge in [-0.15, -0.1) is 0 Å². The fourth-order valence-electron chi connectivity index (χ4n) is 4.57. The van der Waals surface area contributed by atoms with E-state index < -0.39 is 0 Å². The van der Waals surface area contributed by atoms with E-state index in [2.05, 4.69) is 50.0 Å². The predicted octanol–water partition coefficient (Wildman–Crippen LogP) is 4.73. The molecule has 0 saturated carbocycles. The first-order valence-electron chi connectivity index (χ1n) is 13.1. The first-order valence-corrected chi connectivity index (χ1v) is 13.1. The molecule has 0 radical (unpaired) electrons. The SMILES string of the molecule is COCCCNC(=O)c1cc(NC(=O)Nc2ccccc2C)ccc1N1CCN(Cc2ccccc2)CC1. The molecular weight excluding hydrogens is 478 g/mol. The molecule has 3 N–H and O–H groups in total. The Bertz CT molecular complexity index is 1210. The number of piperazine rings is 1. The summed E-state index contributed by atoms with van der Waals surface area (Å²) in [5.41, 5.74) is 5.00. The molecular formula is C30H37N5O3. The van der Waals surface area contributed by atoms with E-state index in [9.17, 15) is 9.59 Å². The summed E-state index contributed by atoms with van der Waals surface area (Å²) in [6.07, 6.45) is 0.729. The van der Waals surface area contributed by atoms with Crippen LogP contribution >= 0.6 is 0 Å². The molecule has 3 amide bonds. The smallest absolute Gasteiger partial charge is 0.323 e. The number of methoxy groups -OCH3 is 1. The number of aryl methyl sites for hydroxylation is 1. The molecule has 4 rings (SSSR count). The second-order valence-corrected chi connectivity index (χ2v) is 9.48. The summed E-state index contributed by atoms with van der Waals surface area (Å²) >= 11 is 0. The van der Waals surface area contributed by atoms with Gasteiger partial charge in [-0.2, -0.15) is 0 Å². The maximum absolute atomic E-state index is 13.2. The minimum atomic E-state index is -0.354. The molecule has 0 bridgehead atoms. The number of nitrogens with one attached hydrogen (secondary N) is 3. The van der Waals surface area contributed by atoms with Crippen LogP contribution in [-0.4, -0.2) is 63.3 Å². The average molecular weight is 516 g/mol. The molecule has 38 heavy (non-hydrogen) atoms. The molecule has 0 aliphatic carbocycles. The number of rotatable bonds is 10. The van der Waals surface area contributed by atoms with E-state index in [0.717, 1.165) is 56.1 Å². The Morgan fingerprint density at radius 1 is 0.895 bits per heavy atom. The van der Waals surface area contributed by atoms with Crippen molar-refractivity contribution in [1.82, 2.24) is 10.2 Å². The molecule has 200 valence electrons. The highest BCUT2D eigenvalue weighted by Crippen LogP contribution is 2.26. The summed E-state index contributed by atoms with van der Waals surface area (Å²) in [5.74, 6) is -0.161. The van der Waals surface area contributed by atoms with Gasteiger partial charge >= 0.3 is 6.03 Å². The Labute approximate surface area is 225 Å². The van der Waals surface area contributed by atoms with E-state index in [4.69, 9.17) is 4.74 Å². The van der Waals surface area contributed by atoms with Crippen LogP contribution in [-0.2, 0) is 11.3 Å². The maximum Gasteiger partial charge on any atom is 0.323 e. The number of hydrogen-bond acceptors (Lipinski definition) is 5. The Balaban J connectivity index is 1.45. The van der Waals surface area contributed by atoms with E-state index in [1.165, 1.54) is 5.56 Å². The summed E-state index contributed by atoms with van der Waals surface area (Å²) in [6, 6.07) is 23.3. The Morgan fingerprint density at radius 3 is 2.37 bits per heavy atom. The normalized spacial score (nSPS) is 13.7. The topological polar surface area (TPSA) is 85.9 Å². The fourth-order valence-corrected chi connectivity index (χ4v) is 4.57. The Hall–Kier alpha value is -3.88. The molecule has 1 heterocycles. The van der Waals surface area contributed by atoms with Crippen LogP contribution in [0.3, 0.4) is 0 Å². The zero-order chi connectivity index (χ0) is 26.7. The van der Waals surface area contributed by atoms with E-state index >= 15 is 0 Å². The summed E-state index contributed by atoms with van der Waals surface area (Å²) in [6.45, 7) is 7.40. The van der Waals surface area contributed by atoms with Crippen LogP contribution in [0.15, 0.2) is 72.8 Å². The molecule has 0 spiro atoms. The van der Waals surface area contributed by atoms with Crippen molar-refractivity contribution in [3.8, 4) is 0 Å². The number of anilines is 3. The van der Waals surface area contributed by atoms with Crippen LogP contribution in [0.25, 0.3) is 0 Å². The summed E-state index contributed by atoms with van der Waals surface area (Å²) in [7, 11) is 1.65. The standard InChI is InChI=1S/C30H37N5O3/c1-23-9-6-7-12-27(23)33-30(37)32-25-13-14-28(26(21-25)29(36)31-15-8-20-38-2)35-18-16-34(17-19-35)22-24-10-4-3-5-11-24/h3-7,9-14,21H,8,15-20,22H2,1-2H3,(H,31,36)(H2,32,33,37). The van der Waals surface area contributed by atoms with Crippen molar-refractivity contribution in [2.45, 2.75) is 19.9 Å². The molecule has 0 aromatic heterocycles. The molecule has 1 aliphatic heterocycles. The number of carbonyl (C=O) groups excluding carboxylic acids is 2. The Kier molecular flexibility index (Phi) is 9.72. The molecule has 1 saturated heterocycles. The van der Waals surface area contributed by atoms with Gasteiger partial charge in [0.25, 0.3) is 5.91 Å². The molecule has 3 aromatic rings. The van der Waals surface area contributed by atoms with Gasteiger partial charge in [-0.25, -0.2) is 4.79 Å². The molecule has 1 fully saturated rings. The molecule has 3 aromatic carbocycles. The quantitative estimate of drug-likeness (QED) is 0.340. The largest absolute Gasteiger partial charge is 0.385 e. The number of para-hydroxylation sites is 1. The van der Waals surface area contributed by atoms with Crippen molar-refractivity contribution in [3.05, 3.63) is 89.5 Å². The zero-order valence-electron chi connectivity index (χ0n) is 22.2. The van der Waals surface area contributed by atoms with Crippen molar-refractivity contribution in [1.29, 1.82) is 0 Å². The maximum atomic E-state index is 13.2. The number of ether oxygens (including phenoxy) is 1. The number of urea groups is 1. The second kappa shape index (κ2) is 13.6. The lowest BCUT2D eigenvalue weighted by Crippen LogP contribution is -2.46. The predicted molar refractivity (Wildman–Crippen MR) is 153 cm³/mol. The highest BCUT2D eigenvalue weighted by atomic mass is 16.5. The van der Waals surface area contributed by atoms with Crippen molar-refractivity contribution in [2.75, 3.05) is 62.0 Å². The van der Waals surface area contributed by atoms with E-state index in [1.807, 2.05) is 49.4 Å². The number of benzene rings is 3. The summed E-state index contributed by atoms with van der Waals surface area (Å²) in [4.78, 5) is 30.6. The highest BCUT2D eigenvalue weighted by molar-refractivity contribution is 6.04. The van der Waals surface area contributed by atoms with Gasteiger partial charge in [-0.1, -0.05) is 48.5 Å². The number of carbonyl (C=O) groups is 2. The van der Waals surface area contributed by atoms with Crippen molar-refractivity contribution >= 4 is 29.0 Å². The third-order valence-corrected chi connectivity index (χ3v) is 6.67. The lowest BCUT2D eigenvalue weighted by Gasteiger charge is -2.37. The summed E-state index contributed by atoms with van der Waals surface area (Å²) < 4.78 is 5.10. The molecule has 0 unspecified atom stereocenters. The number of hydrogen-bond donors (Lipinski definition) is 3. The fraction of sp³-hybridized carbons (Fsp3) is 0.333. The zero-order valence-corrected chi connectivity index (χ0v) is 22.2. The van der Waals surface area contributed by atoms with Gasteiger partial charge in [0.15, 0.2) is 0 Å². The van der Waals surface area contributed by atoms with Gasteiger partial charge in [0.2, 0.25) is 0 Å². The average Bonchev–Trinajstić information content (AvgIpc) is 2.93. The third-order valence-electron chi connectivity index (χ3n) is 6.67. The van der Waals surface area contributed by atoms with Crippen LogP contribution in [0, 0.1) is 6.92 Å². The molecule has 8 heteroatoms. The molecule has 1 aliphatic rings. The van der Waals surface area contributed by atoms with Gasteiger partial charge in [-0.05, 0) is 48.7 Å². The first-order chi connectivity index (χ1) is 18.5. The van der Waals surface area contributed by atoms with Gasteiger partial charge in [0.05, 0.1) is 5.56 Å². The van der Waals surface area contributed by atoms with E-state index in [1.54, 1.807) is 13.2 Å². The van der Waals surface area contributed by atoms with Gasteiger partial charge in [-0.3, -0.25) is 9.69 Å². The summed E-state index contributed by atoms with van der Waals surface area (Å²) in [5, 5.41) is 8.75. The van der Waals surface area contributed by atoms with E-state index in [-0.39, 0.29) is 11.9 Å². The minimum Gasteiger partial charge on any atom is -0.385 e. The minimum absolute atomic E-state index is 0.161. The van der Waals surface area contributed by atoms with Crippen molar-refractivity contribution < 1.29 is 14.3 Å². The lowest BCUT2D eigenvalue weighted by molar-refractivity contribution is 0.0949. The van der Waals surface area contributed by atoms with Crippen molar-refractivity contribution in [2.24, 2.45) is 0 Å². The van der Waals surface area contributed by atoms with Crippen LogP contribution in [0.1, 0.15) is 27.9 Å². The van der Waals surface area contributed by atoms with Crippen molar-refractivity contribution in [3.63, 3.8) is 0 Å². The second-order valence-electron chi connectivity index (χ2n) is 9.48. The lowest BCUT2D eigenvalue weighted by atomic mass is 10.1. The highest BCUT2D eigenvalue weighted by Gasteiger charge is 2.22. The van der Waals surface area contributed by atoms with Crippen LogP contribution in [0.2, 0.25) is 0 Å². The van der Waals surface area contributed by atoms with Gasteiger partial charge in [0.1, 0.15) is 0 Å². The molecule has 0 atom stereocenters. The van der Waals surface area contributed by atoms with Crippen LogP contribution in [0.5, 0.6) is 0 Å². The number of nitrogens with zero attached hydrogens (tertiary/aromatic N) is 2.